The Balaban J connectivity index is 2.05. The molecule has 21 heavy (non-hydrogen) atoms. The third kappa shape index (κ3) is 5.04. The van der Waals surface area contributed by atoms with E-state index in [4.69, 9.17) is 4.98 Å². The fourth-order valence-corrected chi connectivity index (χ4v) is 4.05. The van der Waals surface area contributed by atoms with Gasteiger partial charge in [0.2, 0.25) is 0 Å². The van der Waals surface area contributed by atoms with Crippen molar-refractivity contribution in [3.05, 3.63) is 16.1 Å². The lowest BCUT2D eigenvalue weighted by Crippen LogP contribution is -2.36. The molecule has 1 aliphatic rings. The molecule has 120 valence electrons. The molecule has 1 fully saturated rings. The molecule has 0 radical (unpaired) electrons. The predicted molar refractivity (Wildman–Crippen MR) is 89.8 cm³/mol. The summed E-state index contributed by atoms with van der Waals surface area (Å²) in [6, 6.07) is 0.509. The minimum absolute atomic E-state index is 0.131. The lowest BCUT2D eigenvalue weighted by molar-refractivity contribution is 0.108. The second-order valence-electron chi connectivity index (χ2n) is 7.43. The van der Waals surface area contributed by atoms with Crippen LogP contribution in [0.2, 0.25) is 0 Å². The molecule has 2 rings (SSSR count). The monoisotopic (exact) mass is 310 g/mol. The maximum Gasteiger partial charge on any atom is 0.107 e. The van der Waals surface area contributed by atoms with Crippen LogP contribution in [-0.4, -0.2) is 33.7 Å². The molecule has 4 heteroatoms. The lowest BCUT2D eigenvalue weighted by Gasteiger charge is -2.30. The maximum absolute atomic E-state index is 9.75. The van der Waals surface area contributed by atoms with Gasteiger partial charge >= 0.3 is 0 Å². The first kappa shape index (κ1) is 16.9. The highest BCUT2D eigenvalue weighted by atomic mass is 32.1. The van der Waals surface area contributed by atoms with Crippen LogP contribution in [0.1, 0.15) is 70.5 Å². The van der Waals surface area contributed by atoms with Gasteiger partial charge in [0.25, 0.3) is 0 Å². The van der Waals surface area contributed by atoms with Crippen molar-refractivity contribution < 1.29 is 5.11 Å². The maximum atomic E-state index is 9.75. The lowest BCUT2D eigenvalue weighted by atomic mass is 9.93. The number of hydrogen-bond acceptors (Lipinski definition) is 4. The topological polar surface area (TPSA) is 36.4 Å². The van der Waals surface area contributed by atoms with Gasteiger partial charge in [0.05, 0.1) is 18.3 Å². The van der Waals surface area contributed by atoms with Crippen molar-refractivity contribution in [1.29, 1.82) is 0 Å². The number of rotatable bonds is 4. The minimum Gasteiger partial charge on any atom is -0.393 e. The molecular formula is C17H30N2OS. The summed E-state index contributed by atoms with van der Waals surface area (Å²) in [4.78, 5) is 7.38. The highest BCUT2D eigenvalue weighted by molar-refractivity contribution is 7.09. The number of nitrogens with zero attached hydrogens (tertiary/aromatic N) is 2. The van der Waals surface area contributed by atoms with E-state index in [0.717, 1.165) is 19.5 Å². The van der Waals surface area contributed by atoms with Gasteiger partial charge in [0.15, 0.2) is 0 Å². The van der Waals surface area contributed by atoms with Gasteiger partial charge in [0, 0.05) is 16.8 Å². The SMILES string of the molecule is CC(O)CC1CCCCCN1Cc1nc(C(C)(C)C)cs1. The van der Waals surface area contributed by atoms with Crippen molar-refractivity contribution in [2.24, 2.45) is 0 Å². The zero-order valence-electron chi connectivity index (χ0n) is 13.9. The van der Waals surface area contributed by atoms with Crippen molar-refractivity contribution in [3.63, 3.8) is 0 Å². The Kier molecular flexibility index (Phi) is 5.81. The standard InChI is InChI=1S/C17H30N2OS/c1-13(20)10-14-8-6-5-7-9-19(14)11-16-18-15(12-21-16)17(2,3)4/h12-14,20H,5-11H2,1-4H3. The molecule has 0 aliphatic carbocycles. The smallest absolute Gasteiger partial charge is 0.107 e. The van der Waals surface area contributed by atoms with Crippen LogP contribution in [0, 0.1) is 0 Å². The number of aliphatic hydroxyl groups excluding tert-OH is 1. The van der Waals surface area contributed by atoms with Crippen LogP contribution in [0.25, 0.3) is 0 Å². The molecular weight excluding hydrogens is 280 g/mol. The van der Waals surface area contributed by atoms with Crippen LogP contribution in [-0.2, 0) is 12.0 Å². The molecule has 1 saturated heterocycles. The first-order chi connectivity index (χ1) is 9.86. The quantitative estimate of drug-likeness (QED) is 0.914. The highest BCUT2D eigenvalue weighted by Gasteiger charge is 2.24. The van der Waals surface area contributed by atoms with Crippen molar-refractivity contribution in [1.82, 2.24) is 9.88 Å². The second-order valence-corrected chi connectivity index (χ2v) is 8.38. The van der Waals surface area contributed by atoms with E-state index < -0.39 is 0 Å². The number of thiazole rings is 1. The van der Waals surface area contributed by atoms with E-state index in [1.54, 1.807) is 11.3 Å². The summed E-state index contributed by atoms with van der Waals surface area (Å²) in [5.41, 5.74) is 1.33. The largest absolute Gasteiger partial charge is 0.393 e. The van der Waals surface area contributed by atoms with Gasteiger partial charge in [-0.15, -0.1) is 11.3 Å². The van der Waals surface area contributed by atoms with E-state index in [1.165, 1.54) is 36.4 Å². The average Bonchev–Trinajstić information content (AvgIpc) is 2.74. The molecule has 2 unspecified atom stereocenters. The van der Waals surface area contributed by atoms with Gasteiger partial charge in [-0.05, 0) is 32.7 Å². The van der Waals surface area contributed by atoms with Gasteiger partial charge < -0.3 is 5.11 Å². The molecule has 2 atom stereocenters. The van der Waals surface area contributed by atoms with Crippen LogP contribution < -0.4 is 0 Å². The number of aromatic nitrogens is 1. The van der Waals surface area contributed by atoms with Gasteiger partial charge in [-0.2, -0.15) is 0 Å². The molecule has 1 aromatic rings. The fraction of sp³-hybridized carbons (Fsp3) is 0.824. The summed E-state index contributed by atoms with van der Waals surface area (Å²) >= 11 is 1.78. The van der Waals surface area contributed by atoms with Gasteiger partial charge in [-0.25, -0.2) is 4.98 Å². The molecule has 0 saturated carbocycles. The third-order valence-electron chi connectivity index (χ3n) is 4.27. The zero-order chi connectivity index (χ0) is 15.5. The first-order valence-corrected chi connectivity index (χ1v) is 9.11. The number of likely N-dealkylation sites (tertiary alicyclic amines) is 1. The summed E-state index contributed by atoms with van der Waals surface area (Å²) < 4.78 is 0. The Morgan fingerprint density at radius 1 is 1.38 bits per heavy atom. The third-order valence-corrected chi connectivity index (χ3v) is 5.10. The Hall–Kier alpha value is -0.450. The van der Waals surface area contributed by atoms with Crippen molar-refractivity contribution in [2.45, 2.75) is 83.9 Å². The van der Waals surface area contributed by atoms with E-state index in [0.29, 0.717) is 6.04 Å². The van der Waals surface area contributed by atoms with Crippen LogP contribution in [0.15, 0.2) is 5.38 Å². The van der Waals surface area contributed by atoms with E-state index in [-0.39, 0.29) is 11.5 Å². The van der Waals surface area contributed by atoms with Crippen molar-refractivity contribution in [2.75, 3.05) is 6.54 Å². The summed E-state index contributed by atoms with van der Waals surface area (Å²) in [6.07, 6.45) is 5.77. The van der Waals surface area contributed by atoms with E-state index in [9.17, 15) is 5.11 Å². The van der Waals surface area contributed by atoms with Gasteiger partial charge in [-0.1, -0.05) is 33.6 Å². The summed E-state index contributed by atoms with van der Waals surface area (Å²) in [6.45, 7) is 10.6. The number of hydrogen-bond donors (Lipinski definition) is 1. The average molecular weight is 311 g/mol. The highest BCUT2D eigenvalue weighted by Crippen LogP contribution is 2.27. The minimum atomic E-state index is -0.211. The van der Waals surface area contributed by atoms with Crippen LogP contribution >= 0.6 is 11.3 Å². The summed E-state index contributed by atoms with van der Waals surface area (Å²) in [5.74, 6) is 0. The molecule has 0 bridgehead atoms. The van der Waals surface area contributed by atoms with Crippen LogP contribution in [0.4, 0.5) is 0 Å². The van der Waals surface area contributed by atoms with E-state index in [2.05, 4.69) is 31.1 Å². The van der Waals surface area contributed by atoms with Gasteiger partial charge in [0.1, 0.15) is 5.01 Å². The molecule has 0 spiro atoms. The Labute approximate surface area is 133 Å². The van der Waals surface area contributed by atoms with Gasteiger partial charge in [-0.3, -0.25) is 4.90 Å². The fourth-order valence-electron chi connectivity index (χ4n) is 3.01. The first-order valence-electron chi connectivity index (χ1n) is 8.23. The Morgan fingerprint density at radius 3 is 2.76 bits per heavy atom. The van der Waals surface area contributed by atoms with Crippen LogP contribution in [0.3, 0.4) is 0 Å². The normalized spacial score (nSPS) is 23.0. The van der Waals surface area contributed by atoms with Crippen molar-refractivity contribution >= 4 is 11.3 Å². The molecule has 1 N–H and O–H groups in total. The molecule has 0 aromatic carbocycles. The molecule has 3 nitrogen and oxygen atoms in total. The van der Waals surface area contributed by atoms with Crippen molar-refractivity contribution in [3.8, 4) is 0 Å². The Morgan fingerprint density at radius 2 is 2.14 bits per heavy atom. The summed E-state index contributed by atoms with van der Waals surface area (Å²) in [7, 11) is 0. The summed E-state index contributed by atoms with van der Waals surface area (Å²) in [5, 5.41) is 13.2. The molecule has 0 amide bonds. The molecule has 1 aromatic heterocycles. The zero-order valence-corrected chi connectivity index (χ0v) is 14.7. The molecule has 1 aliphatic heterocycles. The van der Waals surface area contributed by atoms with E-state index in [1.807, 2.05) is 6.92 Å². The number of aliphatic hydroxyl groups is 1. The van der Waals surface area contributed by atoms with Crippen LogP contribution in [0.5, 0.6) is 0 Å². The van der Waals surface area contributed by atoms with E-state index >= 15 is 0 Å². The molecule has 2 heterocycles. The Bertz CT molecular complexity index is 436. The second kappa shape index (κ2) is 7.21. The predicted octanol–water partition coefficient (Wildman–Crippen LogP) is 3.96.